The number of amides is 1. The average molecular weight is 430 g/mol. The van der Waals surface area contributed by atoms with Gasteiger partial charge < -0.3 is 9.84 Å². The Hall–Kier alpha value is -3.65. The van der Waals surface area contributed by atoms with Crippen molar-refractivity contribution in [3.8, 4) is 11.1 Å². The molecule has 1 saturated carbocycles. The first-order valence-corrected chi connectivity index (χ1v) is 10.6. The van der Waals surface area contributed by atoms with Crippen molar-refractivity contribution in [2.45, 2.75) is 37.9 Å². The molecule has 0 bridgehead atoms. The van der Waals surface area contributed by atoms with E-state index in [9.17, 15) is 14.7 Å². The van der Waals surface area contributed by atoms with E-state index < -0.39 is 5.60 Å². The van der Waals surface area contributed by atoms with Crippen LogP contribution in [0, 0.1) is 5.92 Å². The number of ether oxygens (including phenoxy) is 1. The minimum Gasteiger partial charge on any atom is -0.451 e. The van der Waals surface area contributed by atoms with E-state index in [1.54, 1.807) is 24.8 Å². The maximum absolute atomic E-state index is 12.8. The van der Waals surface area contributed by atoms with Gasteiger partial charge in [0.25, 0.3) is 0 Å². The number of hydrogen-bond donors (Lipinski definition) is 2. The predicted octanol–water partition coefficient (Wildman–Crippen LogP) is 3.23. The molecule has 1 aromatic carbocycles. The lowest BCUT2D eigenvalue weighted by Crippen LogP contribution is -2.36. The summed E-state index contributed by atoms with van der Waals surface area (Å²) in [5, 5.41) is 12.1. The molecule has 1 aliphatic heterocycles. The number of esters is 1. The van der Waals surface area contributed by atoms with Crippen LogP contribution in [0.2, 0.25) is 0 Å². The summed E-state index contributed by atoms with van der Waals surface area (Å²) in [6.45, 7) is -0.0345. The van der Waals surface area contributed by atoms with Gasteiger partial charge in [-0.15, -0.1) is 0 Å². The summed E-state index contributed by atoms with van der Waals surface area (Å²) in [6, 6.07) is 9.33. The minimum atomic E-state index is -0.645. The standard InChI is InChI=1S/C24H22N4O4/c29-14-15-2-1-3-17(10-15)18-11-26-23(27-12-18)28-21(30)16-4-7-24(8-5-16)20-6-9-25-13-19(20)22(31)32-24/h1-3,6,9-13,16,29H,4-5,7-8,14H2,(H,26,27,28,30)/t16-,24-. The lowest BCUT2D eigenvalue weighted by molar-refractivity contribution is -0.122. The third kappa shape index (κ3) is 3.62. The first kappa shape index (κ1) is 20.3. The zero-order valence-corrected chi connectivity index (χ0v) is 17.3. The summed E-state index contributed by atoms with van der Waals surface area (Å²) in [6.07, 6.45) is 8.91. The third-order valence-corrected chi connectivity index (χ3v) is 6.31. The number of rotatable bonds is 4. The van der Waals surface area contributed by atoms with Crippen LogP contribution >= 0.6 is 0 Å². The molecule has 0 atom stereocenters. The van der Waals surface area contributed by atoms with Gasteiger partial charge in [0.05, 0.1) is 12.2 Å². The van der Waals surface area contributed by atoms with Gasteiger partial charge in [-0.25, -0.2) is 14.8 Å². The Morgan fingerprint density at radius 1 is 1.12 bits per heavy atom. The molecule has 8 heteroatoms. The van der Waals surface area contributed by atoms with Crippen LogP contribution in [0.3, 0.4) is 0 Å². The molecule has 3 aromatic rings. The number of nitrogens with one attached hydrogen (secondary N) is 1. The zero-order valence-electron chi connectivity index (χ0n) is 17.3. The molecule has 2 aromatic heterocycles. The number of carbonyl (C=O) groups excluding carboxylic acids is 2. The zero-order chi connectivity index (χ0) is 22.1. The van der Waals surface area contributed by atoms with Crippen molar-refractivity contribution >= 4 is 17.8 Å². The Bertz CT molecular complexity index is 1170. The monoisotopic (exact) mass is 430 g/mol. The van der Waals surface area contributed by atoms with Gasteiger partial charge in [-0.2, -0.15) is 0 Å². The van der Waals surface area contributed by atoms with E-state index in [1.165, 1.54) is 0 Å². The van der Waals surface area contributed by atoms with E-state index >= 15 is 0 Å². The van der Waals surface area contributed by atoms with Crippen molar-refractivity contribution in [1.29, 1.82) is 0 Å². The molecule has 5 rings (SSSR count). The van der Waals surface area contributed by atoms with Crippen molar-refractivity contribution < 1.29 is 19.4 Å². The highest BCUT2D eigenvalue weighted by Crippen LogP contribution is 2.47. The van der Waals surface area contributed by atoms with Crippen molar-refractivity contribution in [1.82, 2.24) is 15.0 Å². The average Bonchev–Trinajstić information content (AvgIpc) is 3.11. The molecular weight excluding hydrogens is 408 g/mol. The van der Waals surface area contributed by atoms with Crippen LogP contribution in [0.25, 0.3) is 11.1 Å². The molecule has 2 N–H and O–H groups in total. The second-order valence-corrected chi connectivity index (χ2v) is 8.22. The largest absolute Gasteiger partial charge is 0.451 e. The van der Waals surface area contributed by atoms with Gasteiger partial charge in [-0.05, 0) is 48.9 Å². The maximum Gasteiger partial charge on any atom is 0.341 e. The predicted molar refractivity (Wildman–Crippen MR) is 115 cm³/mol. The highest BCUT2D eigenvalue weighted by Gasteiger charge is 2.48. The minimum absolute atomic E-state index is 0.0345. The van der Waals surface area contributed by atoms with Gasteiger partial charge in [0, 0.05) is 41.8 Å². The van der Waals surface area contributed by atoms with Crippen LogP contribution in [0.4, 0.5) is 5.95 Å². The first-order valence-electron chi connectivity index (χ1n) is 10.6. The van der Waals surface area contributed by atoms with Gasteiger partial charge in [0.1, 0.15) is 5.60 Å². The van der Waals surface area contributed by atoms with Crippen LogP contribution in [0.5, 0.6) is 0 Å². The SMILES string of the molecule is O=C1O[C@]2(CC[C@H](C(=O)Nc3ncc(-c4cccc(CO)c4)cn3)CC2)c2ccncc21. The highest BCUT2D eigenvalue weighted by molar-refractivity contribution is 5.94. The molecule has 1 spiro atoms. The number of pyridine rings is 1. The Morgan fingerprint density at radius 3 is 2.66 bits per heavy atom. The first-order chi connectivity index (χ1) is 15.6. The van der Waals surface area contributed by atoms with Crippen molar-refractivity contribution in [3.05, 3.63) is 71.8 Å². The summed E-state index contributed by atoms with van der Waals surface area (Å²) in [5.41, 5.74) is 3.26. The Labute approximate surface area is 184 Å². The summed E-state index contributed by atoms with van der Waals surface area (Å²) < 4.78 is 5.73. The Balaban J connectivity index is 1.23. The normalized spacial score (nSPS) is 21.8. The van der Waals surface area contributed by atoms with Crippen LogP contribution in [-0.2, 0) is 21.7 Å². The van der Waals surface area contributed by atoms with Crippen molar-refractivity contribution in [2.24, 2.45) is 5.92 Å². The molecule has 0 unspecified atom stereocenters. The molecule has 1 amide bonds. The fourth-order valence-corrected chi connectivity index (χ4v) is 4.56. The van der Waals surface area contributed by atoms with Gasteiger partial charge >= 0.3 is 5.97 Å². The molecule has 2 aliphatic rings. The number of fused-ring (bicyclic) bond motifs is 2. The number of carbonyl (C=O) groups is 2. The lowest BCUT2D eigenvalue weighted by Gasteiger charge is -2.35. The van der Waals surface area contributed by atoms with E-state index in [2.05, 4.69) is 20.3 Å². The number of hydrogen-bond acceptors (Lipinski definition) is 7. The van der Waals surface area contributed by atoms with E-state index in [4.69, 9.17) is 4.74 Å². The van der Waals surface area contributed by atoms with Gasteiger partial charge in [0.15, 0.2) is 0 Å². The summed E-state index contributed by atoms with van der Waals surface area (Å²) >= 11 is 0. The Morgan fingerprint density at radius 2 is 1.91 bits per heavy atom. The second kappa shape index (κ2) is 8.12. The molecule has 8 nitrogen and oxygen atoms in total. The number of aliphatic hydroxyl groups excluding tert-OH is 1. The molecule has 3 heterocycles. The molecule has 1 aliphatic carbocycles. The smallest absolute Gasteiger partial charge is 0.341 e. The third-order valence-electron chi connectivity index (χ3n) is 6.31. The van der Waals surface area contributed by atoms with E-state index in [1.807, 2.05) is 30.3 Å². The molecule has 0 radical (unpaired) electrons. The van der Waals surface area contributed by atoms with Crippen LogP contribution in [0.15, 0.2) is 55.1 Å². The van der Waals surface area contributed by atoms with Gasteiger partial charge in [0.2, 0.25) is 11.9 Å². The molecule has 1 fully saturated rings. The van der Waals surface area contributed by atoms with E-state index in [-0.39, 0.29) is 30.3 Å². The van der Waals surface area contributed by atoms with Gasteiger partial charge in [-0.3, -0.25) is 15.1 Å². The Kier molecular flexibility index (Phi) is 5.14. The summed E-state index contributed by atoms with van der Waals surface area (Å²) in [5.74, 6) is -0.418. The van der Waals surface area contributed by atoms with E-state index in [0.29, 0.717) is 31.2 Å². The second-order valence-electron chi connectivity index (χ2n) is 8.22. The molecule has 0 saturated heterocycles. The highest BCUT2D eigenvalue weighted by atomic mass is 16.6. The quantitative estimate of drug-likeness (QED) is 0.611. The number of aromatic nitrogens is 3. The van der Waals surface area contributed by atoms with Crippen molar-refractivity contribution in [3.63, 3.8) is 0 Å². The summed E-state index contributed by atoms with van der Waals surface area (Å²) in [7, 11) is 0. The molecule has 162 valence electrons. The summed E-state index contributed by atoms with van der Waals surface area (Å²) in [4.78, 5) is 37.5. The molecular formula is C24H22N4O4. The number of aliphatic hydroxyl groups is 1. The van der Waals surface area contributed by atoms with E-state index in [0.717, 1.165) is 22.3 Å². The fourth-order valence-electron chi connectivity index (χ4n) is 4.56. The number of nitrogens with zero attached hydrogens (tertiary/aromatic N) is 3. The van der Waals surface area contributed by atoms with Crippen LogP contribution in [-0.4, -0.2) is 31.9 Å². The lowest BCUT2D eigenvalue weighted by atomic mass is 9.75. The topological polar surface area (TPSA) is 114 Å². The van der Waals surface area contributed by atoms with Crippen LogP contribution in [0.1, 0.15) is 47.2 Å². The number of anilines is 1. The van der Waals surface area contributed by atoms with Crippen LogP contribution < -0.4 is 5.32 Å². The maximum atomic E-state index is 12.8. The molecule has 32 heavy (non-hydrogen) atoms. The fraction of sp³-hybridized carbons (Fsp3) is 0.292. The number of benzene rings is 1. The van der Waals surface area contributed by atoms with Crippen molar-refractivity contribution in [2.75, 3.05) is 5.32 Å². The van der Waals surface area contributed by atoms with Gasteiger partial charge in [-0.1, -0.05) is 18.2 Å².